The van der Waals surface area contributed by atoms with Gasteiger partial charge in [-0.15, -0.1) is 5.10 Å². The number of carbonyl (C=O) groups excluding carboxylic acids is 1. The van der Waals surface area contributed by atoms with Crippen LogP contribution in [0.2, 0.25) is 0 Å². The average Bonchev–Trinajstić information content (AvgIpc) is 3.35. The highest BCUT2D eigenvalue weighted by molar-refractivity contribution is 8.18. The number of rotatable bonds is 5. The van der Waals surface area contributed by atoms with Gasteiger partial charge in [-0.2, -0.15) is 5.10 Å². The minimum absolute atomic E-state index is 0.160. The number of furan rings is 1. The van der Waals surface area contributed by atoms with Gasteiger partial charge in [-0.1, -0.05) is 12.1 Å². The van der Waals surface area contributed by atoms with E-state index in [4.69, 9.17) is 4.42 Å². The van der Waals surface area contributed by atoms with Crippen LogP contribution in [0.4, 0.5) is 0 Å². The van der Waals surface area contributed by atoms with Crippen molar-refractivity contribution < 1.29 is 19.4 Å². The van der Waals surface area contributed by atoms with Crippen LogP contribution in [0.15, 0.2) is 86.5 Å². The molecule has 1 saturated heterocycles. The van der Waals surface area contributed by atoms with E-state index in [1.807, 2.05) is 0 Å². The van der Waals surface area contributed by atoms with Gasteiger partial charge in [-0.25, -0.2) is 0 Å². The van der Waals surface area contributed by atoms with E-state index >= 15 is 0 Å². The van der Waals surface area contributed by atoms with Crippen LogP contribution in [-0.2, 0) is 11.3 Å². The first-order valence-electron chi connectivity index (χ1n) is 9.01. The molecule has 0 spiro atoms. The molecule has 4 rings (SSSR count). The van der Waals surface area contributed by atoms with Gasteiger partial charge in [0.1, 0.15) is 17.3 Å². The highest BCUT2D eigenvalue weighted by Gasteiger charge is 2.34. The van der Waals surface area contributed by atoms with Gasteiger partial charge >= 0.3 is 0 Å². The fraction of sp³-hybridized carbons (Fsp3) is 0.0455. The first-order chi connectivity index (χ1) is 14.6. The van der Waals surface area contributed by atoms with Crippen molar-refractivity contribution in [2.75, 3.05) is 0 Å². The molecular weight excluding hydrogens is 402 g/mol. The van der Waals surface area contributed by atoms with E-state index in [2.05, 4.69) is 10.2 Å². The van der Waals surface area contributed by atoms with Crippen LogP contribution in [0.25, 0.3) is 6.08 Å². The lowest BCUT2D eigenvalue weighted by molar-refractivity contribution is -0.122. The standard InChI is InChI=1S/C22H17N3O4S/c26-17-7-3-15(4-8-17)12-20-21(28)25(14-19-2-1-11-29-19)22(30-20)24-23-13-16-5-9-18(27)10-6-16/h1-13,26-27H,14H2/b20-12-,23-13-,24-22+. The zero-order valence-corrected chi connectivity index (χ0v) is 16.5. The molecule has 7 nitrogen and oxygen atoms in total. The number of amides is 1. The number of hydrogen-bond acceptors (Lipinski definition) is 7. The molecule has 1 fully saturated rings. The van der Waals surface area contributed by atoms with Gasteiger partial charge in [0, 0.05) is 0 Å². The molecule has 2 N–H and O–H groups in total. The Morgan fingerprint density at radius 2 is 1.63 bits per heavy atom. The Morgan fingerprint density at radius 1 is 0.967 bits per heavy atom. The van der Waals surface area contributed by atoms with E-state index in [1.54, 1.807) is 79.2 Å². The fourth-order valence-corrected chi connectivity index (χ4v) is 3.64. The molecule has 2 aromatic carbocycles. The number of phenolic OH excluding ortho intramolecular Hbond substituents is 2. The van der Waals surface area contributed by atoms with Gasteiger partial charge in [0.05, 0.1) is 23.9 Å². The molecule has 2 heterocycles. The van der Waals surface area contributed by atoms with Crippen LogP contribution in [0, 0.1) is 0 Å². The Kier molecular flexibility index (Phi) is 5.67. The molecule has 30 heavy (non-hydrogen) atoms. The maximum absolute atomic E-state index is 13.0. The molecule has 1 aliphatic heterocycles. The quantitative estimate of drug-likeness (QED) is 0.367. The van der Waals surface area contributed by atoms with Gasteiger partial charge in [-0.3, -0.25) is 9.69 Å². The SMILES string of the molecule is O=C1/C(=C/c2ccc(O)cc2)S/C(=N/N=C\c2ccc(O)cc2)N1Cc1ccco1. The molecule has 1 aromatic heterocycles. The third-order valence-corrected chi connectivity index (χ3v) is 5.21. The van der Waals surface area contributed by atoms with E-state index in [1.165, 1.54) is 16.7 Å². The second-order valence-electron chi connectivity index (χ2n) is 6.39. The third-order valence-electron chi connectivity index (χ3n) is 4.22. The van der Waals surface area contributed by atoms with Crippen LogP contribution in [-0.4, -0.2) is 32.4 Å². The van der Waals surface area contributed by atoms with Crippen molar-refractivity contribution in [3.8, 4) is 11.5 Å². The van der Waals surface area contributed by atoms with Gasteiger partial charge < -0.3 is 14.6 Å². The minimum atomic E-state index is -0.206. The number of hydrogen-bond donors (Lipinski definition) is 2. The zero-order valence-electron chi connectivity index (χ0n) is 15.7. The maximum atomic E-state index is 13.0. The van der Waals surface area contributed by atoms with Crippen molar-refractivity contribution in [1.29, 1.82) is 0 Å². The number of aromatic hydroxyl groups is 2. The van der Waals surface area contributed by atoms with Gasteiger partial charge in [0.2, 0.25) is 0 Å². The molecule has 0 bridgehead atoms. The summed E-state index contributed by atoms with van der Waals surface area (Å²) in [6, 6.07) is 16.7. The lowest BCUT2D eigenvalue weighted by atomic mass is 10.2. The summed E-state index contributed by atoms with van der Waals surface area (Å²) < 4.78 is 5.38. The Labute approximate surface area is 176 Å². The summed E-state index contributed by atoms with van der Waals surface area (Å²) in [4.78, 5) is 15.0. The van der Waals surface area contributed by atoms with Crippen molar-refractivity contribution in [3.63, 3.8) is 0 Å². The number of carbonyl (C=O) groups is 1. The van der Waals surface area contributed by atoms with E-state index < -0.39 is 0 Å². The molecule has 0 saturated carbocycles. The third kappa shape index (κ3) is 4.61. The van der Waals surface area contributed by atoms with Crippen LogP contribution in [0.5, 0.6) is 11.5 Å². The molecule has 150 valence electrons. The van der Waals surface area contributed by atoms with E-state index in [9.17, 15) is 15.0 Å². The Morgan fingerprint density at radius 3 is 2.27 bits per heavy atom. The Balaban J connectivity index is 1.60. The molecular formula is C22H17N3O4S. The monoisotopic (exact) mass is 419 g/mol. The van der Waals surface area contributed by atoms with Gasteiger partial charge in [0.15, 0.2) is 5.17 Å². The van der Waals surface area contributed by atoms with E-state index in [-0.39, 0.29) is 24.0 Å². The second kappa shape index (κ2) is 8.71. The number of thioether (sulfide) groups is 1. The van der Waals surface area contributed by atoms with Gasteiger partial charge in [0.25, 0.3) is 5.91 Å². The molecule has 1 amide bonds. The molecule has 0 aliphatic carbocycles. The number of benzene rings is 2. The lowest BCUT2D eigenvalue weighted by Gasteiger charge is -2.12. The smallest absolute Gasteiger partial charge is 0.267 e. The summed E-state index contributed by atoms with van der Waals surface area (Å²) in [5, 5.41) is 27.6. The highest BCUT2D eigenvalue weighted by atomic mass is 32.2. The van der Waals surface area contributed by atoms with Crippen LogP contribution in [0.1, 0.15) is 16.9 Å². The normalized spacial score (nSPS) is 16.9. The summed E-state index contributed by atoms with van der Waals surface area (Å²) in [6.07, 6.45) is 4.84. The van der Waals surface area contributed by atoms with Crippen molar-refractivity contribution in [2.45, 2.75) is 6.54 Å². The van der Waals surface area contributed by atoms with Crippen molar-refractivity contribution in [3.05, 3.63) is 88.7 Å². The first-order valence-corrected chi connectivity index (χ1v) is 9.83. The summed E-state index contributed by atoms with van der Waals surface area (Å²) in [5.74, 6) is 0.755. The van der Waals surface area contributed by atoms with Crippen LogP contribution < -0.4 is 0 Å². The topological polar surface area (TPSA) is 98.6 Å². The molecule has 0 unspecified atom stereocenters. The summed E-state index contributed by atoms with van der Waals surface area (Å²) in [5.41, 5.74) is 1.55. The molecule has 0 atom stereocenters. The van der Waals surface area contributed by atoms with Crippen molar-refractivity contribution in [2.24, 2.45) is 10.2 Å². The Bertz CT molecular complexity index is 1120. The van der Waals surface area contributed by atoms with E-state index in [0.717, 1.165) is 11.1 Å². The largest absolute Gasteiger partial charge is 0.508 e. The summed E-state index contributed by atoms with van der Waals surface area (Å²) in [7, 11) is 0. The van der Waals surface area contributed by atoms with Gasteiger partial charge in [-0.05, 0) is 77.5 Å². The minimum Gasteiger partial charge on any atom is -0.508 e. The number of phenols is 2. The number of amidine groups is 1. The number of nitrogens with zero attached hydrogens (tertiary/aromatic N) is 3. The molecule has 1 aliphatic rings. The summed E-state index contributed by atoms with van der Waals surface area (Å²) in [6.45, 7) is 0.235. The summed E-state index contributed by atoms with van der Waals surface area (Å²) >= 11 is 1.21. The predicted molar refractivity (Wildman–Crippen MR) is 116 cm³/mol. The molecule has 8 heteroatoms. The second-order valence-corrected chi connectivity index (χ2v) is 7.40. The van der Waals surface area contributed by atoms with Crippen LogP contribution in [0.3, 0.4) is 0 Å². The zero-order chi connectivity index (χ0) is 20.9. The molecule has 0 radical (unpaired) electrons. The van der Waals surface area contributed by atoms with Crippen LogP contribution >= 0.6 is 11.8 Å². The fourth-order valence-electron chi connectivity index (χ4n) is 2.71. The average molecular weight is 419 g/mol. The lowest BCUT2D eigenvalue weighted by Crippen LogP contribution is -2.28. The first kappa shape index (κ1) is 19.5. The maximum Gasteiger partial charge on any atom is 0.267 e. The highest BCUT2D eigenvalue weighted by Crippen LogP contribution is 2.34. The predicted octanol–water partition coefficient (Wildman–Crippen LogP) is 4.20. The van der Waals surface area contributed by atoms with Crippen molar-refractivity contribution in [1.82, 2.24) is 4.90 Å². The Hall–Kier alpha value is -3.78. The molecule has 3 aromatic rings. The van der Waals surface area contributed by atoms with E-state index in [0.29, 0.717) is 15.8 Å². The van der Waals surface area contributed by atoms with Crippen molar-refractivity contribution >= 4 is 35.1 Å².